The van der Waals surface area contributed by atoms with Gasteiger partial charge in [0, 0.05) is 44.7 Å². The largest absolute Gasteiger partial charge is 0.353 e. The van der Waals surface area contributed by atoms with Gasteiger partial charge in [0.15, 0.2) is 5.82 Å². The summed E-state index contributed by atoms with van der Waals surface area (Å²) >= 11 is 7.94. The van der Waals surface area contributed by atoms with Crippen molar-refractivity contribution in [2.24, 2.45) is 10.7 Å². The van der Waals surface area contributed by atoms with Crippen LogP contribution in [0.2, 0.25) is 5.02 Å². The number of halogens is 1. The topological polar surface area (TPSA) is 127 Å². The van der Waals surface area contributed by atoms with Gasteiger partial charge in [0.05, 0.1) is 18.7 Å². The Morgan fingerprint density at radius 2 is 1.80 bits per heavy atom. The number of aryl methyl sites for hydroxylation is 2. The van der Waals surface area contributed by atoms with Gasteiger partial charge in [-0.2, -0.15) is 0 Å². The summed E-state index contributed by atoms with van der Waals surface area (Å²) < 4.78 is 2.07. The number of nitrogens with one attached hydrogen (secondary N) is 2. The van der Waals surface area contributed by atoms with Crippen LogP contribution in [0.1, 0.15) is 110 Å². The van der Waals surface area contributed by atoms with Gasteiger partial charge in [-0.25, -0.2) is 0 Å². The summed E-state index contributed by atoms with van der Waals surface area (Å²) in [5.74, 6) is 7.21. The quantitative estimate of drug-likeness (QED) is 0.0910. The van der Waals surface area contributed by atoms with Crippen molar-refractivity contribution >= 4 is 46.2 Å². The number of carbonyl (C=O) groups is 2. The van der Waals surface area contributed by atoms with Crippen LogP contribution in [-0.2, 0) is 9.59 Å². The molecule has 11 heteroatoms. The summed E-state index contributed by atoms with van der Waals surface area (Å²) in [5, 5.41) is 16.9. The molecule has 3 heterocycles. The first-order valence-corrected chi connectivity index (χ1v) is 18.6. The predicted octanol–water partition coefficient (Wildman–Crippen LogP) is 7.76. The lowest BCUT2D eigenvalue weighted by Crippen LogP contribution is -2.35. The van der Waals surface area contributed by atoms with Gasteiger partial charge < -0.3 is 16.4 Å². The van der Waals surface area contributed by atoms with E-state index in [-0.39, 0.29) is 24.3 Å². The van der Waals surface area contributed by atoms with E-state index in [0.29, 0.717) is 23.8 Å². The number of carbonyl (C=O) groups excluding carboxylic acids is 2. The van der Waals surface area contributed by atoms with Crippen molar-refractivity contribution in [3.8, 4) is 16.8 Å². The lowest BCUT2D eigenvalue weighted by Gasteiger charge is -2.20. The van der Waals surface area contributed by atoms with Gasteiger partial charge in [0.1, 0.15) is 16.9 Å². The minimum atomic E-state index is -0.504. The fourth-order valence-electron chi connectivity index (χ4n) is 6.31. The molecule has 4 aromatic rings. The minimum Gasteiger partial charge on any atom is -0.353 e. The van der Waals surface area contributed by atoms with Crippen molar-refractivity contribution in [3.63, 3.8) is 0 Å². The maximum absolute atomic E-state index is 13.7. The van der Waals surface area contributed by atoms with Crippen molar-refractivity contribution in [2.45, 2.75) is 97.6 Å². The molecule has 2 aromatic heterocycles. The number of hydrogen-bond donors (Lipinski definition) is 3. The molecule has 0 fully saturated rings. The van der Waals surface area contributed by atoms with Crippen LogP contribution in [0.25, 0.3) is 5.00 Å². The average molecular weight is 712 g/mol. The molecule has 0 saturated carbocycles. The number of aliphatic imine (C=N–C) groups is 1. The van der Waals surface area contributed by atoms with Crippen molar-refractivity contribution in [3.05, 3.63) is 92.3 Å². The Labute approximate surface area is 304 Å². The third-order valence-electron chi connectivity index (χ3n) is 8.93. The number of nitrogens with zero attached hydrogens (tertiary/aromatic N) is 4. The molecule has 4 N–H and O–H groups in total. The normalized spacial score (nSPS) is 14.0. The van der Waals surface area contributed by atoms with E-state index in [1.165, 1.54) is 4.88 Å². The lowest BCUT2D eigenvalue weighted by molar-refractivity contribution is -0.122. The summed E-state index contributed by atoms with van der Waals surface area (Å²) in [6.07, 6.45) is 7.11. The predicted molar refractivity (Wildman–Crippen MR) is 203 cm³/mol. The van der Waals surface area contributed by atoms with Crippen LogP contribution in [0, 0.1) is 32.6 Å². The molecule has 0 saturated heterocycles. The highest BCUT2D eigenvalue weighted by molar-refractivity contribution is 7.15. The van der Waals surface area contributed by atoms with E-state index in [9.17, 15) is 9.59 Å². The molecule has 2 aromatic carbocycles. The van der Waals surface area contributed by atoms with Gasteiger partial charge in [0.2, 0.25) is 11.8 Å². The first kappa shape index (κ1) is 37.0. The number of fused-ring (bicyclic) bond motifs is 3. The van der Waals surface area contributed by atoms with E-state index in [0.717, 1.165) is 89.4 Å². The monoisotopic (exact) mass is 711 g/mol. The molecule has 5 rings (SSSR count). The van der Waals surface area contributed by atoms with Crippen LogP contribution in [0.15, 0.2) is 53.5 Å². The number of rotatable bonds is 14. The van der Waals surface area contributed by atoms with E-state index in [4.69, 9.17) is 22.3 Å². The molecule has 2 atom stereocenters. The van der Waals surface area contributed by atoms with Gasteiger partial charge in [0.25, 0.3) is 0 Å². The Bertz CT molecular complexity index is 1900. The molecule has 1 aliphatic heterocycles. The zero-order valence-corrected chi connectivity index (χ0v) is 30.9. The summed E-state index contributed by atoms with van der Waals surface area (Å²) in [5.41, 5.74) is 11.0. The fourth-order valence-corrected chi connectivity index (χ4v) is 7.65. The van der Waals surface area contributed by atoms with Gasteiger partial charge in [-0.15, -0.1) is 21.5 Å². The van der Waals surface area contributed by atoms with Crippen molar-refractivity contribution in [1.82, 2.24) is 20.1 Å². The standard InChI is InChI=1S/C39H46ClN7O2S/c1-5-12-31(15-8-6-7-9-17-34(48)43-32-16-10-13-28(23-32)14-11-22-41)42-35(49)24-33-38-46-45-27(4)47(38)39-36(25(2)26(3)50-39)37(44-33)29-18-20-30(40)21-19-29/h10,13,16,18-21,23,31,33H,5-9,12,15,17,22,24,41H2,1-4H3,(H,42,49)(H,43,48)/t31-,33?/m0/s1. The zero-order valence-electron chi connectivity index (χ0n) is 29.3. The Balaban J connectivity index is 1.18. The fraction of sp³-hybridized carbons (Fsp3) is 0.410. The van der Waals surface area contributed by atoms with E-state index in [2.05, 4.69) is 58.0 Å². The first-order chi connectivity index (χ1) is 24.2. The molecular weight excluding hydrogens is 666 g/mol. The first-order valence-electron chi connectivity index (χ1n) is 17.4. The second-order valence-electron chi connectivity index (χ2n) is 12.7. The van der Waals surface area contributed by atoms with Crippen LogP contribution < -0.4 is 16.4 Å². The minimum absolute atomic E-state index is 0.00295. The number of benzene rings is 2. The molecule has 9 nitrogen and oxygen atoms in total. The maximum Gasteiger partial charge on any atom is 0.224 e. The summed E-state index contributed by atoms with van der Waals surface area (Å²) in [4.78, 5) is 32.6. The number of thiophene rings is 1. The Morgan fingerprint density at radius 1 is 1.02 bits per heavy atom. The second kappa shape index (κ2) is 17.6. The van der Waals surface area contributed by atoms with E-state index in [1.54, 1.807) is 11.3 Å². The summed E-state index contributed by atoms with van der Waals surface area (Å²) in [6.45, 7) is 8.61. The SMILES string of the molecule is CCC[C@@H](CCCCCCC(=O)Nc1cccc(C#CCN)c1)NC(=O)CC1N=C(c2ccc(Cl)cc2)c2c(sc(C)c2C)-n2c(C)nnc21. The molecule has 262 valence electrons. The van der Waals surface area contributed by atoms with Crippen LogP contribution in [0.5, 0.6) is 0 Å². The number of amides is 2. The number of nitrogens with two attached hydrogens (primary N) is 1. The zero-order chi connectivity index (χ0) is 35.6. The number of unbranched alkanes of at least 4 members (excludes halogenated alkanes) is 3. The highest BCUT2D eigenvalue weighted by atomic mass is 35.5. The van der Waals surface area contributed by atoms with Gasteiger partial charge in [-0.1, -0.05) is 74.2 Å². The van der Waals surface area contributed by atoms with Crippen molar-refractivity contribution in [2.75, 3.05) is 11.9 Å². The van der Waals surface area contributed by atoms with Gasteiger partial charge in [-0.05, 0) is 75.9 Å². The summed E-state index contributed by atoms with van der Waals surface area (Å²) in [7, 11) is 0. The molecule has 1 aliphatic rings. The summed E-state index contributed by atoms with van der Waals surface area (Å²) in [6, 6.07) is 14.8. The third-order valence-corrected chi connectivity index (χ3v) is 10.4. The molecule has 0 bridgehead atoms. The average Bonchev–Trinajstić information content (AvgIpc) is 3.57. The second-order valence-corrected chi connectivity index (χ2v) is 14.4. The number of anilines is 1. The number of aromatic nitrogens is 3. The molecule has 0 radical (unpaired) electrons. The van der Waals surface area contributed by atoms with E-state index in [1.807, 2.05) is 55.5 Å². The maximum atomic E-state index is 13.7. The highest BCUT2D eigenvalue weighted by Crippen LogP contribution is 2.39. The smallest absolute Gasteiger partial charge is 0.224 e. The Kier molecular flexibility index (Phi) is 13.0. The highest BCUT2D eigenvalue weighted by Gasteiger charge is 2.32. The van der Waals surface area contributed by atoms with E-state index >= 15 is 0 Å². The third kappa shape index (κ3) is 9.27. The molecule has 0 aliphatic carbocycles. The molecule has 2 amide bonds. The van der Waals surface area contributed by atoms with E-state index < -0.39 is 6.04 Å². The van der Waals surface area contributed by atoms with Crippen molar-refractivity contribution < 1.29 is 9.59 Å². The lowest BCUT2D eigenvalue weighted by atomic mass is 9.99. The molecule has 1 unspecified atom stereocenters. The van der Waals surface area contributed by atoms with Crippen LogP contribution >= 0.6 is 22.9 Å². The van der Waals surface area contributed by atoms with Crippen molar-refractivity contribution in [1.29, 1.82) is 0 Å². The van der Waals surface area contributed by atoms with Gasteiger partial charge in [-0.3, -0.25) is 19.1 Å². The van der Waals surface area contributed by atoms with Crippen LogP contribution in [0.4, 0.5) is 5.69 Å². The Morgan fingerprint density at radius 3 is 2.56 bits per heavy atom. The van der Waals surface area contributed by atoms with Gasteiger partial charge >= 0.3 is 0 Å². The molecule has 50 heavy (non-hydrogen) atoms. The Hall–Kier alpha value is -4.30. The van der Waals surface area contributed by atoms with Crippen LogP contribution in [0.3, 0.4) is 0 Å². The molecule has 0 spiro atoms. The number of hydrogen-bond acceptors (Lipinski definition) is 7. The van der Waals surface area contributed by atoms with Crippen LogP contribution in [-0.4, -0.2) is 44.9 Å². The molecular formula is C39H46ClN7O2S.